The number of nitrogens with one attached hydrogen (secondary N) is 2. The van der Waals surface area contributed by atoms with E-state index in [1.807, 2.05) is 0 Å². The number of nitrogens with two attached hydrogens (primary N) is 3. The molecule has 1 aliphatic rings. The second-order valence-corrected chi connectivity index (χ2v) is 7.81. The molecule has 0 radical (unpaired) electrons. The molecule has 0 atom stereocenters. The van der Waals surface area contributed by atoms with Crippen LogP contribution in [0.4, 0.5) is 20.2 Å². The van der Waals surface area contributed by atoms with E-state index >= 15 is 0 Å². The minimum atomic E-state index is -0.771. The summed E-state index contributed by atoms with van der Waals surface area (Å²) in [6, 6.07) is 9.01. The van der Waals surface area contributed by atoms with Crippen molar-refractivity contribution in [2.24, 2.45) is 22.2 Å². The first-order valence-electron chi connectivity index (χ1n) is 10.3. The molecule has 8 nitrogen and oxygen atoms in total. The van der Waals surface area contributed by atoms with E-state index in [1.54, 1.807) is 12.1 Å². The first kappa shape index (κ1) is 23.1. The number of halogens is 2. The molecule has 0 bridgehead atoms. The van der Waals surface area contributed by atoms with Gasteiger partial charge in [0, 0.05) is 42.3 Å². The smallest absolute Gasteiger partial charge is 0.253 e. The maximum atomic E-state index is 13.3. The van der Waals surface area contributed by atoms with E-state index in [1.165, 1.54) is 30.6 Å². The summed E-state index contributed by atoms with van der Waals surface area (Å²) >= 11 is 0. The van der Waals surface area contributed by atoms with Crippen molar-refractivity contribution >= 4 is 23.1 Å². The lowest BCUT2D eigenvalue weighted by Gasteiger charge is -2.40. The van der Waals surface area contributed by atoms with E-state index in [4.69, 9.17) is 17.2 Å². The van der Waals surface area contributed by atoms with Crippen molar-refractivity contribution in [3.63, 3.8) is 0 Å². The molecule has 0 spiro atoms. The fourth-order valence-electron chi connectivity index (χ4n) is 3.66. The molecular weight excluding hydrogens is 416 g/mol. The summed E-state index contributed by atoms with van der Waals surface area (Å²) in [7, 11) is 0. The van der Waals surface area contributed by atoms with E-state index in [0.29, 0.717) is 6.54 Å². The van der Waals surface area contributed by atoms with Crippen LogP contribution < -0.4 is 27.8 Å². The zero-order chi connectivity index (χ0) is 23.1. The summed E-state index contributed by atoms with van der Waals surface area (Å²) in [6.07, 6.45) is 5.78. The lowest BCUT2D eigenvalue weighted by Crippen LogP contribution is -2.53. The fourth-order valence-corrected chi connectivity index (χ4v) is 3.66. The Kier molecular flexibility index (Phi) is 7.37. The normalized spacial score (nSPS) is 21.8. The highest BCUT2D eigenvalue weighted by Crippen LogP contribution is 2.30. The van der Waals surface area contributed by atoms with Crippen molar-refractivity contribution in [1.29, 1.82) is 0 Å². The molecule has 1 amide bonds. The second-order valence-electron chi connectivity index (χ2n) is 7.81. The third-order valence-corrected chi connectivity index (χ3v) is 5.57. The highest BCUT2D eigenvalue weighted by molar-refractivity contribution is 6.20. The zero-order valence-corrected chi connectivity index (χ0v) is 17.5. The van der Waals surface area contributed by atoms with Crippen LogP contribution in [0.25, 0.3) is 0 Å². The molecule has 1 aromatic heterocycles. The van der Waals surface area contributed by atoms with Crippen LogP contribution >= 0.6 is 0 Å². The molecule has 1 heterocycles. The largest absolute Gasteiger partial charge is 0.383 e. The highest BCUT2D eigenvalue weighted by atomic mass is 19.1. The maximum absolute atomic E-state index is 13.3. The number of amides is 1. The highest BCUT2D eigenvalue weighted by Gasteiger charge is 2.33. The molecule has 0 saturated heterocycles. The molecule has 8 N–H and O–H groups in total. The van der Waals surface area contributed by atoms with Crippen LogP contribution in [-0.4, -0.2) is 34.9 Å². The number of hydrogen-bond donors (Lipinski definition) is 5. The number of pyridine rings is 1. The number of nitrogens with zero attached hydrogens (tertiary/aromatic N) is 2. The number of benzene rings is 1. The van der Waals surface area contributed by atoms with Crippen LogP contribution in [0.3, 0.4) is 0 Å². The van der Waals surface area contributed by atoms with Gasteiger partial charge in [-0.1, -0.05) is 0 Å². The third-order valence-electron chi connectivity index (χ3n) is 5.57. The first-order valence-corrected chi connectivity index (χ1v) is 10.3. The Morgan fingerprint density at radius 3 is 2.47 bits per heavy atom. The number of aromatic nitrogens is 1. The fraction of sp³-hybridized carbons (Fsp3) is 0.318. The second kappa shape index (κ2) is 10.2. The zero-order valence-electron chi connectivity index (χ0n) is 17.5. The standard InChI is InChI=1S/C22H27F2N7O/c23-14-1-3-15(4-2-14)30-16-5-8-22(13-25,9-6-16)29-12-18(21(27)32)20(26)31-17-7-10-28-19(24)11-17/h1-4,7,10-12,16,29-30H,5-6,8-9,13,25H2,(H2,27,32)(H2,26,28,31)/b18-12+. The van der Waals surface area contributed by atoms with Gasteiger partial charge in [0.2, 0.25) is 5.95 Å². The Morgan fingerprint density at radius 1 is 1.19 bits per heavy atom. The number of amidine groups is 1. The van der Waals surface area contributed by atoms with Gasteiger partial charge in [-0.3, -0.25) is 4.79 Å². The lowest BCUT2D eigenvalue weighted by atomic mass is 9.79. The van der Waals surface area contributed by atoms with E-state index in [-0.39, 0.29) is 29.0 Å². The molecule has 1 saturated carbocycles. The quantitative estimate of drug-likeness (QED) is 0.183. The number of hydrogen-bond acceptors (Lipinski definition) is 6. The van der Waals surface area contributed by atoms with Crippen LogP contribution in [0, 0.1) is 11.8 Å². The molecule has 170 valence electrons. The average molecular weight is 444 g/mol. The van der Waals surface area contributed by atoms with Crippen molar-refractivity contribution in [2.45, 2.75) is 37.3 Å². The molecule has 0 unspecified atom stereocenters. The van der Waals surface area contributed by atoms with Gasteiger partial charge in [0.1, 0.15) is 11.7 Å². The van der Waals surface area contributed by atoms with Crippen LogP contribution in [0.1, 0.15) is 25.7 Å². The van der Waals surface area contributed by atoms with Crippen LogP contribution in [-0.2, 0) is 4.79 Å². The van der Waals surface area contributed by atoms with Gasteiger partial charge >= 0.3 is 0 Å². The van der Waals surface area contributed by atoms with Crippen molar-refractivity contribution in [3.05, 3.63) is 66.1 Å². The van der Waals surface area contributed by atoms with Gasteiger partial charge in [-0.2, -0.15) is 4.39 Å². The minimum Gasteiger partial charge on any atom is -0.383 e. The van der Waals surface area contributed by atoms with Gasteiger partial charge in [0.05, 0.1) is 11.3 Å². The van der Waals surface area contributed by atoms with Crippen molar-refractivity contribution in [1.82, 2.24) is 10.3 Å². The summed E-state index contributed by atoms with van der Waals surface area (Å²) in [5, 5.41) is 6.63. The van der Waals surface area contributed by atoms with E-state index in [9.17, 15) is 13.6 Å². The first-order chi connectivity index (χ1) is 15.3. The summed E-state index contributed by atoms with van der Waals surface area (Å²) in [6.45, 7) is 0.339. The number of primary amides is 1. The van der Waals surface area contributed by atoms with Crippen LogP contribution in [0.15, 0.2) is 59.4 Å². The van der Waals surface area contributed by atoms with Crippen molar-refractivity contribution in [3.8, 4) is 0 Å². The molecule has 1 aromatic carbocycles. The van der Waals surface area contributed by atoms with Crippen LogP contribution in [0.2, 0.25) is 0 Å². The third kappa shape index (κ3) is 6.01. The Bertz CT molecular complexity index is 1000. The van der Waals surface area contributed by atoms with Crippen molar-refractivity contribution < 1.29 is 13.6 Å². The molecule has 32 heavy (non-hydrogen) atoms. The topological polar surface area (TPSA) is 144 Å². The SMILES string of the molecule is NCC1(N/C=C(/C(N)=O)C(N)=Nc2ccnc(F)c2)CCC(Nc2ccc(F)cc2)CC1. The minimum absolute atomic E-state index is 0.0263. The monoisotopic (exact) mass is 443 g/mol. The van der Waals surface area contributed by atoms with Gasteiger partial charge in [0.15, 0.2) is 0 Å². The summed E-state index contributed by atoms with van der Waals surface area (Å²) < 4.78 is 26.4. The number of rotatable bonds is 8. The molecule has 1 aliphatic carbocycles. The number of carbonyl (C=O) groups excluding carboxylic acids is 1. The number of aliphatic imine (C=N–C) groups is 1. The van der Waals surface area contributed by atoms with Gasteiger partial charge in [-0.25, -0.2) is 14.4 Å². The Balaban J connectivity index is 1.67. The molecule has 0 aliphatic heterocycles. The number of carbonyl (C=O) groups is 1. The molecule has 10 heteroatoms. The summed E-state index contributed by atoms with van der Waals surface area (Å²) in [5.41, 5.74) is 18.1. The summed E-state index contributed by atoms with van der Waals surface area (Å²) in [4.78, 5) is 19.4. The van der Waals surface area contributed by atoms with Gasteiger partial charge in [-0.15, -0.1) is 0 Å². The number of anilines is 1. The van der Waals surface area contributed by atoms with E-state index < -0.39 is 17.4 Å². The van der Waals surface area contributed by atoms with Gasteiger partial charge in [-0.05, 0) is 56.0 Å². The molecule has 2 aromatic rings. The Morgan fingerprint density at radius 2 is 1.88 bits per heavy atom. The van der Waals surface area contributed by atoms with Gasteiger partial charge in [0.25, 0.3) is 5.91 Å². The maximum Gasteiger partial charge on any atom is 0.253 e. The van der Waals surface area contributed by atoms with Gasteiger partial charge < -0.3 is 27.8 Å². The van der Waals surface area contributed by atoms with E-state index in [2.05, 4.69) is 20.6 Å². The predicted molar refractivity (Wildman–Crippen MR) is 120 cm³/mol. The summed E-state index contributed by atoms with van der Waals surface area (Å²) in [5.74, 6) is -1.91. The van der Waals surface area contributed by atoms with Crippen LogP contribution in [0.5, 0.6) is 0 Å². The Hall–Kier alpha value is -3.53. The predicted octanol–water partition coefficient (Wildman–Crippen LogP) is 2.06. The molecule has 1 fully saturated rings. The molecular formula is C22H27F2N7O. The van der Waals surface area contributed by atoms with E-state index in [0.717, 1.165) is 37.4 Å². The Labute approximate surface area is 185 Å². The molecule has 3 rings (SSSR count). The average Bonchev–Trinajstić information content (AvgIpc) is 2.76. The van der Waals surface area contributed by atoms with Crippen molar-refractivity contribution in [2.75, 3.05) is 11.9 Å². The lowest BCUT2D eigenvalue weighted by molar-refractivity contribution is -0.114.